The maximum absolute atomic E-state index is 12.0. The summed E-state index contributed by atoms with van der Waals surface area (Å²) in [6, 6.07) is 6.19. The fourth-order valence-corrected chi connectivity index (χ4v) is 3.28. The van der Waals surface area contributed by atoms with Crippen LogP contribution in [0.1, 0.15) is 20.8 Å². The van der Waals surface area contributed by atoms with E-state index in [1.54, 1.807) is 26.0 Å². The Hall–Kier alpha value is -2.46. The van der Waals surface area contributed by atoms with Gasteiger partial charge >= 0.3 is 5.63 Å². The van der Waals surface area contributed by atoms with Gasteiger partial charge in [0, 0.05) is 25.5 Å². The van der Waals surface area contributed by atoms with E-state index in [0.29, 0.717) is 5.39 Å². The first-order chi connectivity index (χ1) is 13.1. The normalized spacial score (nSPS) is 26.8. The molecule has 1 fully saturated rings. The summed E-state index contributed by atoms with van der Waals surface area (Å²) >= 11 is 0. The van der Waals surface area contributed by atoms with E-state index < -0.39 is 35.8 Å². The van der Waals surface area contributed by atoms with Gasteiger partial charge in [0.05, 0.1) is 5.60 Å². The van der Waals surface area contributed by atoms with Crippen molar-refractivity contribution in [3.63, 3.8) is 0 Å². The molecule has 9 nitrogen and oxygen atoms in total. The van der Waals surface area contributed by atoms with Crippen LogP contribution in [0.2, 0.25) is 0 Å². The number of methoxy groups -OCH3 is 1. The largest absolute Gasteiger partial charge is 0.462 e. The lowest BCUT2D eigenvalue weighted by molar-refractivity contribution is -0.305. The van der Waals surface area contributed by atoms with Crippen LogP contribution in [0.25, 0.3) is 11.0 Å². The van der Waals surface area contributed by atoms with Gasteiger partial charge in [-0.05, 0) is 32.0 Å². The van der Waals surface area contributed by atoms with Crippen molar-refractivity contribution in [3.05, 3.63) is 34.7 Å². The monoisotopic (exact) mass is 393 g/mol. The summed E-state index contributed by atoms with van der Waals surface area (Å²) in [6.07, 6.45) is -4.44. The van der Waals surface area contributed by atoms with Crippen molar-refractivity contribution < 1.29 is 33.6 Å². The Bertz CT molecular complexity index is 937. The molecule has 0 saturated carbocycles. The van der Waals surface area contributed by atoms with Crippen LogP contribution in [0.3, 0.4) is 0 Å². The van der Waals surface area contributed by atoms with E-state index in [2.05, 4.69) is 5.32 Å². The molecule has 1 aliphatic heterocycles. The number of aliphatic hydroxyl groups excluding tert-OH is 2. The molecule has 28 heavy (non-hydrogen) atoms. The summed E-state index contributed by atoms with van der Waals surface area (Å²) in [5.41, 5.74) is -1.34. The molecule has 0 radical (unpaired) electrons. The molecule has 2 unspecified atom stereocenters. The fraction of sp³-hybridized carbons (Fsp3) is 0.474. The second kappa shape index (κ2) is 7.51. The maximum Gasteiger partial charge on any atom is 0.360 e. The SMILES string of the molecule is CO[C@@H]1[C@@H](O)C(O)C(Oc2ccc3cc(NC(C)=O)c(=O)oc3c2)OC1(C)C. The van der Waals surface area contributed by atoms with Gasteiger partial charge in [-0.15, -0.1) is 0 Å². The van der Waals surface area contributed by atoms with E-state index in [1.807, 2.05) is 0 Å². The molecule has 1 aromatic heterocycles. The number of amides is 1. The smallest absolute Gasteiger partial charge is 0.360 e. The number of ether oxygens (including phenoxy) is 3. The quantitative estimate of drug-likeness (QED) is 0.657. The second-order valence-corrected chi connectivity index (χ2v) is 7.17. The number of aliphatic hydroxyl groups is 2. The molecule has 0 aliphatic carbocycles. The lowest BCUT2D eigenvalue weighted by Crippen LogP contribution is -2.63. The Balaban J connectivity index is 1.86. The standard InChI is InChI=1S/C19H23NO8/c1-9(21)20-12-7-10-5-6-11(8-13(10)27-17(12)24)26-18-15(23)14(22)16(25-4)19(2,3)28-18/h5-8,14-16,18,22-23H,1-4H3,(H,20,21)/t14-,15?,16+,18?/m0/s1. The van der Waals surface area contributed by atoms with Crippen LogP contribution >= 0.6 is 0 Å². The molecule has 1 aliphatic rings. The van der Waals surface area contributed by atoms with Crippen molar-refractivity contribution in [2.24, 2.45) is 0 Å². The van der Waals surface area contributed by atoms with Crippen LogP contribution in [-0.4, -0.2) is 53.4 Å². The zero-order chi connectivity index (χ0) is 20.6. The molecule has 1 aromatic carbocycles. The highest BCUT2D eigenvalue weighted by atomic mass is 16.7. The highest BCUT2D eigenvalue weighted by Crippen LogP contribution is 2.33. The number of carbonyl (C=O) groups excluding carboxylic acids is 1. The lowest BCUT2D eigenvalue weighted by Gasteiger charge is -2.46. The van der Waals surface area contributed by atoms with Crippen molar-refractivity contribution in [2.75, 3.05) is 12.4 Å². The number of benzene rings is 1. The van der Waals surface area contributed by atoms with Crippen LogP contribution in [0.4, 0.5) is 5.69 Å². The Morgan fingerprint density at radius 3 is 2.57 bits per heavy atom. The van der Waals surface area contributed by atoms with E-state index in [9.17, 15) is 19.8 Å². The minimum absolute atomic E-state index is 0.0372. The van der Waals surface area contributed by atoms with Crippen molar-refractivity contribution in [1.29, 1.82) is 0 Å². The number of nitrogens with one attached hydrogen (secondary N) is 1. The van der Waals surface area contributed by atoms with E-state index >= 15 is 0 Å². The molecule has 0 bridgehead atoms. The van der Waals surface area contributed by atoms with Crippen LogP contribution < -0.4 is 15.7 Å². The molecule has 1 saturated heterocycles. The van der Waals surface area contributed by atoms with Crippen molar-refractivity contribution in [2.45, 2.75) is 51.0 Å². The predicted molar refractivity (Wildman–Crippen MR) is 99.2 cm³/mol. The molecule has 152 valence electrons. The Kier molecular flexibility index (Phi) is 5.44. The number of anilines is 1. The number of hydrogen-bond donors (Lipinski definition) is 3. The topological polar surface area (TPSA) is 127 Å². The average molecular weight is 393 g/mol. The van der Waals surface area contributed by atoms with Gasteiger partial charge in [0.2, 0.25) is 12.2 Å². The van der Waals surface area contributed by atoms with Gasteiger partial charge in [-0.25, -0.2) is 4.79 Å². The third kappa shape index (κ3) is 3.88. The van der Waals surface area contributed by atoms with E-state index in [1.165, 1.54) is 26.2 Å². The number of fused-ring (bicyclic) bond motifs is 1. The van der Waals surface area contributed by atoms with Crippen LogP contribution in [-0.2, 0) is 14.3 Å². The minimum Gasteiger partial charge on any atom is -0.462 e. The van der Waals surface area contributed by atoms with Gasteiger partial charge < -0.3 is 34.2 Å². The van der Waals surface area contributed by atoms with E-state index in [0.717, 1.165) is 0 Å². The van der Waals surface area contributed by atoms with Gasteiger partial charge in [-0.1, -0.05) is 0 Å². The van der Waals surface area contributed by atoms with Crippen molar-refractivity contribution >= 4 is 22.6 Å². The number of rotatable bonds is 4. The average Bonchev–Trinajstić information content (AvgIpc) is 2.60. The molecule has 2 heterocycles. The third-order valence-electron chi connectivity index (χ3n) is 4.57. The summed E-state index contributed by atoms with van der Waals surface area (Å²) in [4.78, 5) is 23.1. The Labute approximate surface area is 160 Å². The van der Waals surface area contributed by atoms with Gasteiger partial charge in [0.15, 0.2) is 0 Å². The Morgan fingerprint density at radius 1 is 1.21 bits per heavy atom. The van der Waals surface area contributed by atoms with Crippen molar-refractivity contribution in [3.8, 4) is 5.75 Å². The molecule has 1 amide bonds. The Morgan fingerprint density at radius 2 is 1.93 bits per heavy atom. The summed E-state index contributed by atoms with van der Waals surface area (Å²) in [6.45, 7) is 4.73. The summed E-state index contributed by atoms with van der Waals surface area (Å²) in [7, 11) is 1.42. The van der Waals surface area contributed by atoms with E-state index in [4.69, 9.17) is 18.6 Å². The van der Waals surface area contributed by atoms with Gasteiger partial charge in [0.25, 0.3) is 0 Å². The molecule has 3 rings (SSSR count). The summed E-state index contributed by atoms with van der Waals surface area (Å²) < 4.78 is 21.9. The summed E-state index contributed by atoms with van der Waals surface area (Å²) in [5.74, 6) is -0.114. The molecule has 4 atom stereocenters. The predicted octanol–water partition coefficient (Wildman–Crippen LogP) is 1.00. The van der Waals surface area contributed by atoms with Crippen LogP contribution in [0.15, 0.2) is 33.5 Å². The van der Waals surface area contributed by atoms with Gasteiger partial charge in [-0.3, -0.25) is 4.79 Å². The molecule has 2 aromatic rings. The second-order valence-electron chi connectivity index (χ2n) is 7.17. The van der Waals surface area contributed by atoms with Crippen LogP contribution in [0, 0.1) is 0 Å². The highest BCUT2D eigenvalue weighted by molar-refractivity contribution is 5.91. The molecule has 9 heteroatoms. The molecular weight excluding hydrogens is 370 g/mol. The first kappa shape index (κ1) is 20.3. The lowest BCUT2D eigenvalue weighted by atomic mass is 9.89. The first-order valence-electron chi connectivity index (χ1n) is 8.71. The minimum atomic E-state index is -1.34. The number of hydrogen-bond acceptors (Lipinski definition) is 8. The van der Waals surface area contributed by atoms with Gasteiger partial charge in [-0.2, -0.15) is 0 Å². The third-order valence-corrected chi connectivity index (χ3v) is 4.57. The number of carbonyl (C=O) groups is 1. The zero-order valence-corrected chi connectivity index (χ0v) is 16.0. The zero-order valence-electron chi connectivity index (χ0n) is 16.0. The molecule has 0 spiro atoms. The maximum atomic E-state index is 12.0. The molecule has 3 N–H and O–H groups in total. The van der Waals surface area contributed by atoms with E-state index in [-0.39, 0.29) is 22.9 Å². The van der Waals surface area contributed by atoms with Gasteiger partial charge in [0.1, 0.15) is 35.3 Å². The highest BCUT2D eigenvalue weighted by Gasteiger charge is 2.50. The first-order valence-corrected chi connectivity index (χ1v) is 8.71. The van der Waals surface area contributed by atoms with Crippen LogP contribution in [0.5, 0.6) is 5.75 Å². The summed E-state index contributed by atoms with van der Waals surface area (Å²) in [5, 5.41) is 23.6. The fourth-order valence-electron chi connectivity index (χ4n) is 3.28. The molecular formula is C19H23NO8. The van der Waals surface area contributed by atoms with Crippen molar-refractivity contribution in [1.82, 2.24) is 0 Å².